The van der Waals surface area contributed by atoms with Crippen LogP contribution in [0.15, 0.2) is 5.38 Å². The molecule has 1 unspecified atom stereocenters. The number of carboxylic acids is 1. The van der Waals surface area contributed by atoms with E-state index in [4.69, 9.17) is 10.8 Å². The molecule has 6 nitrogen and oxygen atoms in total. The van der Waals surface area contributed by atoms with Crippen molar-refractivity contribution in [3.8, 4) is 0 Å². The summed E-state index contributed by atoms with van der Waals surface area (Å²) in [6.07, 6.45) is 2.78. The standard InChI is InChI=1S/C14H18N2O4S/c1-8-2-3-9-10(7-21-11(9)4-8)14(20)16(5-12(15)17)6-13(18)19/h7-8H,2-6H2,1H3,(H2,15,17)(H,18,19). The number of fused-ring (bicyclic) bond motifs is 1. The molecule has 2 rings (SSSR count). The summed E-state index contributed by atoms with van der Waals surface area (Å²) < 4.78 is 0. The number of primary amides is 1. The Balaban J connectivity index is 2.24. The first-order valence-electron chi connectivity index (χ1n) is 6.77. The number of aliphatic carboxylic acids is 1. The molecule has 0 aromatic carbocycles. The summed E-state index contributed by atoms with van der Waals surface area (Å²) in [6, 6.07) is 0. The largest absolute Gasteiger partial charge is 0.480 e. The lowest BCUT2D eigenvalue weighted by Gasteiger charge is -2.22. The molecular formula is C14H18N2O4S. The molecule has 1 aromatic heterocycles. The van der Waals surface area contributed by atoms with Gasteiger partial charge in [-0.2, -0.15) is 0 Å². The van der Waals surface area contributed by atoms with E-state index in [1.165, 1.54) is 16.2 Å². The predicted molar refractivity (Wildman–Crippen MR) is 78.2 cm³/mol. The number of carbonyl (C=O) groups is 3. The highest BCUT2D eigenvalue weighted by molar-refractivity contribution is 7.10. The summed E-state index contributed by atoms with van der Waals surface area (Å²) >= 11 is 1.53. The number of carbonyl (C=O) groups excluding carboxylic acids is 2. The molecule has 1 aromatic rings. The van der Waals surface area contributed by atoms with Gasteiger partial charge in [0.15, 0.2) is 0 Å². The van der Waals surface area contributed by atoms with E-state index in [2.05, 4.69) is 6.92 Å². The first kappa shape index (κ1) is 15.5. The second-order valence-corrected chi connectivity index (χ2v) is 6.38. The van der Waals surface area contributed by atoms with Gasteiger partial charge in [0.25, 0.3) is 5.91 Å². The number of rotatable bonds is 5. The average molecular weight is 310 g/mol. The summed E-state index contributed by atoms with van der Waals surface area (Å²) in [7, 11) is 0. The lowest BCUT2D eigenvalue weighted by atomic mass is 9.88. The van der Waals surface area contributed by atoms with Crippen LogP contribution in [0.3, 0.4) is 0 Å². The molecule has 0 radical (unpaired) electrons. The maximum absolute atomic E-state index is 12.5. The fourth-order valence-corrected chi connectivity index (χ4v) is 3.82. The number of nitrogens with two attached hydrogens (primary N) is 1. The highest BCUT2D eigenvalue weighted by Gasteiger charge is 2.27. The van der Waals surface area contributed by atoms with Crippen molar-refractivity contribution in [3.63, 3.8) is 0 Å². The van der Waals surface area contributed by atoms with Gasteiger partial charge in [-0.1, -0.05) is 6.92 Å². The molecule has 21 heavy (non-hydrogen) atoms. The van der Waals surface area contributed by atoms with Crippen LogP contribution in [0.5, 0.6) is 0 Å². The predicted octanol–water partition coefficient (Wildman–Crippen LogP) is 0.885. The fourth-order valence-electron chi connectivity index (χ4n) is 2.58. The Morgan fingerprint density at radius 1 is 1.43 bits per heavy atom. The van der Waals surface area contributed by atoms with Crippen LogP contribution in [-0.4, -0.2) is 40.9 Å². The van der Waals surface area contributed by atoms with Crippen molar-refractivity contribution in [3.05, 3.63) is 21.4 Å². The minimum Gasteiger partial charge on any atom is -0.480 e. The molecule has 0 fully saturated rings. The van der Waals surface area contributed by atoms with Crippen molar-refractivity contribution >= 4 is 29.1 Å². The number of amides is 2. The number of hydrogen-bond donors (Lipinski definition) is 2. The van der Waals surface area contributed by atoms with Gasteiger partial charge >= 0.3 is 5.97 Å². The summed E-state index contributed by atoms with van der Waals surface area (Å²) in [5.74, 6) is -1.72. The Hall–Kier alpha value is -1.89. The van der Waals surface area contributed by atoms with Crippen LogP contribution < -0.4 is 5.73 Å². The van der Waals surface area contributed by atoms with Crippen LogP contribution in [0.1, 0.15) is 34.1 Å². The lowest BCUT2D eigenvalue weighted by Crippen LogP contribution is -2.41. The monoisotopic (exact) mass is 310 g/mol. The van der Waals surface area contributed by atoms with Gasteiger partial charge in [0.2, 0.25) is 5.91 Å². The Bertz CT molecular complexity index is 566. The van der Waals surface area contributed by atoms with Gasteiger partial charge in [-0.15, -0.1) is 11.3 Å². The third-order valence-corrected chi connectivity index (χ3v) is 4.64. The third-order valence-electron chi connectivity index (χ3n) is 3.59. The van der Waals surface area contributed by atoms with E-state index in [-0.39, 0.29) is 6.54 Å². The maximum atomic E-state index is 12.5. The number of thiophene rings is 1. The molecule has 114 valence electrons. The molecule has 2 amide bonds. The molecule has 1 aliphatic rings. The number of nitrogens with zero attached hydrogens (tertiary/aromatic N) is 1. The minimum atomic E-state index is -1.16. The summed E-state index contributed by atoms with van der Waals surface area (Å²) in [4.78, 5) is 36.6. The van der Waals surface area contributed by atoms with Crippen molar-refractivity contribution in [2.45, 2.75) is 26.2 Å². The first-order valence-corrected chi connectivity index (χ1v) is 7.65. The van der Waals surface area contributed by atoms with Gasteiger partial charge in [0.1, 0.15) is 13.1 Å². The van der Waals surface area contributed by atoms with Crippen molar-refractivity contribution in [2.75, 3.05) is 13.1 Å². The third kappa shape index (κ3) is 3.60. The van der Waals surface area contributed by atoms with Crippen LogP contribution in [0.2, 0.25) is 0 Å². The summed E-state index contributed by atoms with van der Waals surface area (Å²) in [5.41, 5.74) is 6.61. The molecule has 0 saturated carbocycles. The van der Waals surface area contributed by atoms with Crippen molar-refractivity contribution < 1.29 is 19.5 Å². The van der Waals surface area contributed by atoms with Gasteiger partial charge in [-0.25, -0.2) is 0 Å². The Morgan fingerprint density at radius 3 is 2.76 bits per heavy atom. The molecule has 0 bridgehead atoms. The lowest BCUT2D eigenvalue weighted by molar-refractivity contribution is -0.138. The van der Waals surface area contributed by atoms with Crippen LogP contribution in [0.4, 0.5) is 0 Å². The van der Waals surface area contributed by atoms with Crippen LogP contribution in [-0.2, 0) is 22.4 Å². The van der Waals surface area contributed by atoms with Gasteiger partial charge in [0, 0.05) is 10.3 Å². The summed E-state index contributed by atoms with van der Waals surface area (Å²) in [6.45, 7) is 1.27. The second-order valence-electron chi connectivity index (χ2n) is 5.42. The van der Waals surface area contributed by atoms with E-state index in [0.717, 1.165) is 29.7 Å². The molecule has 1 heterocycles. The van der Waals surface area contributed by atoms with Crippen molar-refractivity contribution in [2.24, 2.45) is 11.7 Å². The van der Waals surface area contributed by atoms with E-state index >= 15 is 0 Å². The zero-order chi connectivity index (χ0) is 15.6. The quantitative estimate of drug-likeness (QED) is 0.843. The number of carboxylic acid groups (broad SMARTS) is 1. The van der Waals surface area contributed by atoms with E-state index in [1.807, 2.05) is 0 Å². The number of hydrogen-bond acceptors (Lipinski definition) is 4. The zero-order valence-electron chi connectivity index (χ0n) is 11.8. The Kier molecular flexibility index (Phi) is 4.62. The van der Waals surface area contributed by atoms with Crippen LogP contribution in [0, 0.1) is 5.92 Å². The molecule has 0 aliphatic heterocycles. The Morgan fingerprint density at radius 2 is 2.14 bits per heavy atom. The van der Waals surface area contributed by atoms with E-state index in [1.54, 1.807) is 5.38 Å². The zero-order valence-corrected chi connectivity index (χ0v) is 12.6. The van der Waals surface area contributed by atoms with E-state index in [9.17, 15) is 14.4 Å². The van der Waals surface area contributed by atoms with Gasteiger partial charge in [-0.05, 0) is 30.7 Å². The normalized spacial score (nSPS) is 17.1. The average Bonchev–Trinajstić information content (AvgIpc) is 2.78. The molecule has 7 heteroatoms. The SMILES string of the molecule is CC1CCc2c(C(=O)N(CC(N)=O)CC(=O)O)csc2C1. The molecule has 3 N–H and O–H groups in total. The Labute approximate surface area is 126 Å². The fraction of sp³-hybridized carbons (Fsp3) is 0.500. The molecule has 1 atom stereocenters. The highest BCUT2D eigenvalue weighted by atomic mass is 32.1. The smallest absolute Gasteiger partial charge is 0.323 e. The minimum absolute atomic E-state index is 0.383. The topological polar surface area (TPSA) is 101 Å². The van der Waals surface area contributed by atoms with E-state index in [0.29, 0.717) is 11.5 Å². The van der Waals surface area contributed by atoms with Gasteiger partial charge < -0.3 is 15.7 Å². The van der Waals surface area contributed by atoms with Gasteiger partial charge in [0.05, 0.1) is 5.56 Å². The molecule has 1 aliphatic carbocycles. The van der Waals surface area contributed by atoms with Gasteiger partial charge in [-0.3, -0.25) is 14.4 Å². The maximum Gasteiger partial charge on any atom is 0.323 e. The van der Waals surface area contributed by atoms with Crippen LogP contribution >= 0.6 is 11.3 Å². The second kappa shape index (κ2) is 6.26. The molecular weight excluding hydrogens is 292 g/mol. The molecule has 0 spiro atoms. The molecule has 0 saturated heterocycles. The first-order chi connectivity index (χ1) is 9.88. The highest BCUT2D eigenvalue weighted by Crippen LogP contribution is 2.33. The van der Waals surface area contributed by atoms with Crippen molar-refractivity contribution in [1.29, 1.82) is 0 Å². The van der Waals surface area contributed by atoms with Crippen LogP contribution in [0.25, 0.3) is 0 Å². The van der Waals surface area contributed by atoms with Crippen molar-refractivity contribution in [1.82, 2.24) is 4.90 Å². The van der Waals surface area contributed by atoms with E-state index < -0.39 is 24.3 Å². The summed E-state index contributed by atoms with van der Waals surface area (Å²) in [5, 5.41) is 10.6.